The van der Waals surface area contributed by atoms with Crippen LogP contribution in [0.25, 0.3) is 0 Å². The molecule has 0 aliphatic rings. The van der Waals surface area contributed by atoms with E-state index in [0.717, 1.165) is 11.8 Å². The van der Waals surface area contributed by atoms with Gasteiger partial charge in [-0.3, -0.25) is 0 Å². The molecule has 0 saturated carbocycles. The first-order valence-electron chi connectivity index (χ1n) is 5.39. The second-order valence-corrected chi connectivity index (χ2v) is 4.23. The van der Waals surface area contributed by atoms with Crippen molar-refractivity contribution in [1.29, 1.82) is 0 Å². The lowest BCUT2D eigenvalue weighted by Gasteiger charge is -2.18. The maximum atomic E-state index is 3.81. The lowest BCUT2D eigenvalue weighted by molar-refractivity contribution is 0.371. The van der Waals surface area contributed by atoms with Crippen LogP contribution in [0.5, 0.6) is 0 Å². The van der Waals surface area contributed by atoms with Crippen LogP contribution in [0.2, 0.25) is 0 Å². The second kappa shape index (κ2) is 6.94. The van der Waals surface area contributed by atoms with Crippen LogP contribution in [-0.2, 0) is 0 Å². The number of hydrogen-bond donors (Lipinski definition) is 0. The highest BCUT2D eigenvalue weighted by Crippen LogP contribution is 2.22. The van der Waals surface area contributed by atoms with Gasteiger partial charge in [-0.25, -0.2) is 0 Å². The van der Waals surface area contributed by atoms with Gasteiger partial charge < -0.3 is 0 Å². The van der Waals surface area contributed by atoms with E-state index < -0.39 is 0 Å². The van der Waals surface area contributed by atoms with Gasteiger partial charge in [0, 0.05) is 0 Å². The highest BCUT2D eigenvalue weighted by atomic mass is 14.2. The molecule has 0 heterocycles. The van der Waals surface area contributed by atoms with Crippen LogP contribution in [0.3, 0.4) is 0 Å². The van der Waals surface area contributed by atoms with Crippen LogP contribution in [-0.4, -0.2) is 0 Å². The summed E-state index contributed by atoms with van der Waals surface area (Å²) in [7, 11) is 0. The van der Waals surface area contributed by atoms with Crippen molar-refractivity contribution in [3.8, 4) is 0 Å². The molecule has 0 fully saturated rings. The third-order valence-electron chi connectivity index (χ3n) is 2.78. The summed E-state index contributed by atoms with van der Waals surface area (Å²) in [6, 6.07) is 0. The molecule has 0 nitrogen and oxygen atoms in total. The van der Waals surface area contributed by atoms with E-state index in [0.29, 0.717) is 5.92 Å². The standard InChI is InChI=1S/C13H24/c1-6-11(4)9-12(5)10-13(7-2)8-3/h7-8,11-13H,2-3,6,9-10H2,1,4-5H3. The Morgan fingerprint density at radius 2 is 1.54 bits per heavy atom. The molecular weight excluding hydrogens is 156 g/mol. The highest BCUT2D eigenvalue weighted by molar-refractivity contribution is 4.92. The van der Waals surface area contributed by atoms with E-state index in [2.05, 4.69) is 33.9 Å². The fraction of sp³-hybridized carbons (Fsp3) is 0.692. The van der Waals surface area contributed by atoms with E-state index in [4.69, 9.17) is 0 Å². The van der Waals surface area contributed by atoms with Crippen LogP contribution >= 0.6 is 0 Å². The topological polar surface area (TPSA) is 0 Å². The van der Waals surface area contributed by atoms with E-state index >= 15 is 0 Å². The molecule has 0 heteroatoms. The van der Waals surface area contributed by atoms with Crippen LogP contribution in [0.15, 0.2) is 25.3 Å². The number of rotatable bonds is 7. The van der Waals surface area contributed by atoms with Crippen LogP contribution in [0.1, 0.15) is 40.0 Å². The Morgan fingerprint density at radius 3 is 1.92 bits per heavy atom. The molecule has 0 bridgehead atoms. The third-order valence-corrected chi connectivity index (χ3v) is 2.78. The van der Waals surface area contributed by atoms with Gasteiger partial charge in [0.2, 0.25) is 0 Å². The summed E-state index contributed by atoms with van der Waals surface area (Å²) in [5.74, 6) is 2.14. The van der Waals surface area contributed by atoms with Crippen molar-refractivity contribution in [3.63, 3.8) is 0 Å². The molecular formula is C13H24. The summed E-state index contributed by atoms with van der Waals surface area (Å²) in [4.78, 5) is 0. The molecule has 0 rings (SSSR count). The average molecular weight is 180 g/mol. The molecule has 0 aromatic carbocycles. The Balaban J connectivity index is 3.77. The smallest absolute Gasteiger partial charge is 0.00563 e. The predicted octanol–water partition coefficient (Wildman–Crippen LogP) is 4.44. The fourth-order valence-corrected chi connectivity index (χ4v) is 1.70. The van der Waals surface area contributed by atoms with E-state index in [-0.39, 0.29) is 0 Å². The Bertz CT molecular complexity index is 138. The Kier molecular flexibility index (Phi) is 6.66. The molecule has 0 spiro atoms. The Morgan fingerprint density at radius 1 is 1.00 bits per heavy atom. The van der Waals surface area contributed by atoms with Crippen molar-refractivity contribution in [3.05, 3.63) is 25.3 Å². The van der Waals surface area contributed by atoms with Gasteiger partial charge >= 0.3 is 0 Å². The van der Waals surface area contributed by atoms with Gasteiger partial charge in [-0.1, -0.05) is 39.3 Å². The fourth-order valence-electron chi connectivity index (χ4n) is 1.70. The van der Waals surface area contributed by atoms with Crippen LogP contribution < -0.4 is 0 Å². The molecule has 0 aliphatic carbocycles. The molecule has 0 aromatic heterocycles. The summed E-state index contributed by atoms with van der Waals surface area (Å²) in [6.45, 7) is 14.5. The summed E-state index contributed by atoms with van der Waals surface area (Å²) in [6.07, 6.45) is 7.82. The largest absolute Gasteiger partial charge is 0.102 e. The van der Waals surface area contributed by atoms with Crippen molar-refractivity contribution >= 4 is 0 Å². The average Bonchev–Trinajstić information content (AvgIpc) is 2.13. The molecule has 0 amide bonds. The van der Waals surface area contributed by atoms with E-state index in [1.807, 2.05) is 12.2 Å². The highest BCUT2D eigenvalue weighted by Gasteiger charge is 2.10. The molecule has 2 atom stereocenters. The normalized spacial score (nSPS) is 15.4. The molecule has 0 aromatic rings. The van der Waals surface area contributed by atoms with Crippen LogP contribution in [0, 0.1) is 17.8 Å². The quantitative estimate of drug-likeness (QED) is 0.508. The van der Waals surface area contributed by atoms with E-state index in [9.17, 15) is 0 Å². The van der Waals surface area contributed by atoms with Gasteiger partial charge in [-0.2, -0.15) is 0 Å². The van der Waals surface area contributed by atoms with Gasteiger partial charge in [-0.15, -0.1) is 13.2 Å². The number of hydrogen-bond acceptors (Lipinski definition) is 0. The Labute approximate surface area is 83.7 Å². The zero-order valence-electron chi connectivity index (χ0n) is 9.42. The Hall–Kier alpha value is -0.520. The van der Waals surface area contributed by atoms with Gasteiger partial charge in [0.1, 0.15) is 0 Å². The van der Waals surface area contributed by atoms with Gasteiger partial charge in [-0.05, 0) is 30.6 Å². The van der Waals surface area contributed by atoms with Gasteiger partial charge in [0.25, 0.3) is 0 Å². The maximum absolute atomic E-state index is 3.81. The molecule has 2 unspecified atom stereocenters. The van der Waals surface area contributed by atoms with Crippen molar-refractivity contribution in [2.75, 3.05) is 0 Å². The molecule has 0 radical (unpaired) electrons. The zero-order valence-corrected chi connectivity index (χ0v) is 9.42. The number of allylic oxidation sites excluding steroid dienone is 2. The SMILES string of the molecule is C=CC(C=C)CC(C)CC(C)CC. The summed E-state index contributed by atoms with van der Waals surface area (Å²) in [5, 5.41) is 0. The summed E-state index contributed by atoms with van der Waals surface area (Å²) in [5.41, 5.74) is 0. The first-order chi connectivity index (χ1) is 6.13. The van der Waals surface area contributed by atoms with Gasteiger partial charge in [0.15, 0.2) is 0 Å². The minimum atomic E-state index is 0.499. The molecule has 0 aliphatic heterocycles. The monoisotopic (exact) mass is 180 g/mol. The van der Waals surface area contributed by atoms with Gasteiger partial charge in [0.05, 0.1) is 0 Å². The van der Waals surface area contributed by atoms with Crippen molar-refractivity contribution < 1.29 is 0 Å². The summed E-state index contributed by atoms with van der Waals surface area (Å²) >= 11 is 0. The minimum absolute atomic E-state index is 0.499. The zero-order chi connectivity index (χ0) is 10.3. The second-order valence-electron chi connectivity index (χ2n) is 4.23. The maximum Gasteiger partial charge on any atom is -0.00563 e. The first-order valence-corrected chi connectivity index (χ1v) is 5.39. The predicted molar refractivity (Wildman–Crippen MR) is 61.7 cm³/mol. The molecule has 13 heavy (non-hydrogen) atoms. The van der Waals surface area contributed by atoms with Crippen molar-refractivity contribution in [1.82, 2.24) is 0 Å². The van der Waals surface area contributed by atoms with Crippen molar-refractivity contribution in [2.24, 2.45) is 17.8 Å². The summed E-state index contributed by atoms with van der Waals surface area (Å²) < 4.78 is 0. The third kappa shape index (κ3) is 5.68. The van der Waals surface area contributed by atoms with E-state index in [1.54, 1.807) is 0 Å². The molecule has 76 valence electrons. The molecule has 0 saturated heterocycles. The first kappa shape index (κ1) is 12.5. The minimum Gasteiger partial charge on any atom is -0.102 e. The van der Waals surface area contributed by atoms with E-state index in [1.165, 1.54) is 19.3 Å². The molecule has 0 N–H and O–H groups in total. The van der Waals surface area contributed by atoms with Crippen LogP contribution in [0.4, 0.5) is 0 Å². The lowest BCUT2D eigenvalue weighted by Crippen LogP contribution is -2.06. The lowest BCUT2D eigenvalue weighted by atomic mass is 9.88. The van der Waals surface area contributed by atoms with Crippen molar-refractivity contribution in [2.45, 2.75) is 40.0 Å².